The topological polar surface area (TPSA) is 66.9 Å². The SMILES string of the molecule is O=C(NC1CCCCC1)c1nc(NC2CCCCC2)c2ccccc2n1. The number of anilines is 1. The zero-order valence-corrected chi connectivity index (χ0v) is 15.3. The highest BCUT2D eigenvalue weighted by Gasteiger charge is 2.21. The first kappa shape index (κ1) is 17.3. The van der Waals surface area contributed by atoms with Gasteiger partial charge in [-0.15, -0.1) is 0 Å². The molecule has 2 fully saturated rings. The van der Waals surface area contributed by atoms with Crippen molar-refractivity contribution in [2.45, 2.75) is 76.3 Å². The van der Waals surface area contributed by atoms with Crippen LogP contribution in [0.2, 0.25) is 0 Å². The van der Waals surface area contributed by atoms with Crippen LogP contribution >= 0.6 is 0 Å². The predicted octanol–water partition coefficient (Wildman–Crippen LogP) is 4.44. The first-order chi connectivity index (χ1) is 12.8. The molecule has 2 aromatic rings. The lowest BCUT2D eigenvalue weighted by atomic mass is 9.95. The summed E-state index contributed by atoms with van der Waals surface area (Å²) in [5, 5.41) is 7.72. The Morgan fingerprint density at radius 1 is 0.846 bits per heavy atom. The Labute approximate surface area is 155 Å². The second-order valence-electron chi connectivity index (χ2n) is 7.70. The van der Waals surface area contributed by atoms with E-state index in [0.717, 1.165) is 29.6 Å². The van der Waals surface area contributed by atoms with Crippen LogP contribution in [0.3, 0.4) is 0 Å². The van der Waals surface area contributed by atoms with E-state index < -0.39 is 0 Å². The van der Waals surface area contributed by atoms with Gasteiger partial charge >= 0.3 is 0 Å². The number of carbonyl (C=O) groups excluding carboxylic acids is 1. The number of nitrogens with zero attached hydrogens (tertiary/aromatic N) is 2. The van der Waals surface area contributed by atoms with Gasteiger partial charge in [-0.1, -0.05) is 50.7 Å². The lowest BCUT2D eigenvalue weighted by Gasteiger charge is -2.24. The van der Waals surface area contributed by atoms with Crippen LogP contribution < -0.4 is 10.6 Å². The largest absolute Gasteiger partial charge is 0.367 e. The first-order valence-corrected chi connectivity index (χ1v) is 10.1. The lowest BCUT2D eigenvalue weighted by Crippen LogP contribution is -2.37. The van der Waals surface area contributed by atoms with Gasteiger partial charge in [-0.05, 0) is 37.8 Å². The molecule has 1 aromatic heterocycles. The molecule has 4 rings (SSSR count). The molecule has 0 bridgehead atoms. The Hall–Kier alpha value is -2.17. The Bertz CT molecular complexity index is 764. The number of nitrogens with one attached hydrogen (secondary N) is 2. The minimum atomic E-state index is -0.144. The smallest absolute Gasteiger partial charge is 0.289 e. The molecule has 2 N–H and O–H groups in total. The maximum Gasteiger partial charge on any atom is 0.289 e. The van der Waals surface area contributed by atoms with Gasteiger partial charge < -0.3 is 10.6 Å². The van der Waals surface area contributed by atoms with Gasteiger partial charge in [0.15, 0.2) is 0 Å². The molecule has 138 valence electrons. The number of amides is 1. The van der Waals surface area contributed by atoms with Crippen molar-refractivity contribution in [3.05, 3.63) is 30.1 Å². The van der Waals surface area contributed by atoms with Gasteiger partial charge in [0.05, 0.1) is 5.52 Å². The number of benzene rings is 1. The molecule has 0 unspecified atom stereocenters. The molecule has 0 radical (unpaired) electrons. The normalized spacial score (nSPS) is 19.4. The third-order valence-corrected chi connectivity index (χ3v) is 5.69. The third kappa shape index (κ3) is 3.97. The van der Waals surface area contributed by atoms with Crippen LogP contribution in [0.4, 0.5) is 5.82 Å². The Morgan fingerprint density at radius 2 is 1.50 bits per heavy atom. The molecule has 1 aromatic carbocycles. The van der Waals surface area contributed by atoms with Crippen LogP contribution in [-0.2, 0) is 0 Å². The standard InChI is InChI=1S/C21H28N4O/c26-21(23-16-11-5-2-6-12-16)20-24-18-14-8-7-13-17(18)19(25-20)22-15-9-3-1-4-10-15/h7-8,13-16H,1-6,9-12H2,(H,23,26)(H,22,24,25). The maximum absolute atomic E-state index is 12.7. The minimum Gasteiger partial charge on any atom is -0.367 e. The quantitative estimate of drug-likeness (QED) is 0.854. The zero-order valence-electron chi connectivity index (χ0n) is 15.3. The molecular formula is C21H28N4O. The van der Waals surface area contributed by atoms with E-state index in [1.54, 1.807) is 0 Å². The Kier molecular flexibility index (Phi) is 5.32. The molecule has 2 aliphatic rings. The summed E-state index contributed by atoms with van der Waals surface area (Å²) >= 11 is 0. The van der Waals surface area contributed by atoms with Crippen molar-refractivity contribution in [3.63, 3.8) is 0 Å². The van der Waals surface area contributed by atoms with Gasteiger partial charge in [-0.3, -0.25) is 4.79 Å². The van der Waals surface area contributed by atoms with Gasteiger partial charge in [0, 0.05) is 17.5 Å². The van der Waals surface area contributed by atoms with Crippen molar-refractivity contribution in [2.75, 3.05) is 5.32 Å². The van der Waals surface area contributed by atoms with Crippen molar-refractivity contribution in [3.8, 4) is 0 Å². The van der Waals surface area contributed by atoms with Crippen LogP contribution in [0.25, 0.3) is 10.9 Å². The Morgan fingerprint density at radius 3 is 2.23 bits per heavy atom. The van der Waals surface area contributed by atoms with Crippen LogP contribution in [0.5, 0.6) is 0 Å². The van der Waals surface area contributed by atoms with Crippen molar-refractivity contribution in [1.82, 2.24) is 15.3 Å². The summed E-state index contributed by atoms with van der Waals surface area (Å²) in [6, 6.07) is 8.66. The highest BCUT2D eigenvalue weighted by Crippen LogP contribution is 2.26. The van der Waals surface area contributed by atoms with Crippen LogP contribution in [0.1, 0.15) is 74.8 Å². The van der Waals surface area contributed by atoms with Gasteiger partial charge in [0.1, 0.15) is 5.82 Å². The molecule has 5 nitrogen and oxygen atoms in total. The number of rotatable bonds is 4. The second-order valence-corrected chi connectivity index (χ2v) is 7.70. The van der Waals surface area contributed by atoms with Crippen molar-refractivity contribution in [1.29, 1.82) is 0 Å². The van der Waals surface area contributed by atoms with Crippen LogP contribution in [0.15, 0.2) is 24.3 Å². The van der Waals surface area contributed by atoms with Gasteiger partial charge in [0.25, 0.3) is 5.91 Å². The van der Waals surface area contributed by atoms with Crippen molar-refractivity contribution >= 4 is 22.6 Å². The van der Waals surface area contributed by atoms with E-state index in [-0.39, 0.29) is 17.8 Å². The highest BCUT2D eigenvalue weighted by molar-refractivity contribution is 5.96. The number of aromatic nitrogens is 2. The number of para-hydroxylation sites is 1. The van der Waals surface area contributed by atoms with Gasteiger partial charge in [-0.25, -0.2) is 9.97 Å². The number of hydrogen-bond donors (Lipinski definition) is 2. The predicted molar refractivity (Wildman–Crippen MR) is 104 cm³/mol. The van der Waals surface area contributed by atoms with E-state index in [4.69, 9.17) is 0 Å². The molecule has 5 heteroatoms. The fourth-order valence-corrected chi connectivity index (χ4v) is 4.23. The van der Waals surface area contributed by atoms with Gasteiger partial charge in [-0.2, -0.15) is 0 Å². The number of fused-ring (bicyclic) bond motifs is 1. The fraction of sp³-hybridized carbons (Fsp3) is 0.571. The van der Waals surface area contributed by atoms with E-state index in [9.17, 15) is 4.79 Å². The molecule has 0 atom stereocenters. The van der Waals surface area contributed by atoms with Crippen molar-refractivity contribution in [2.24, 2.45) is 0 Å². The second kappa shape index (κ2) is 8.02. The van der Waals surface area contributed by atoms with E-state index in [1.807, 2.05) is 24.3 Å². The summed E-state index contributed by atoms with van der Waals surface area (Å²) < 4.78 is 0. The maximum atomic E-state index is 12.7. The molecule has 0 spiro atoms. The molecule has 1 heterocycles. The minimum absolute atomic E-state index is 0.144. The third-order valence-electron chi connectivity index (χ3n) is 5.69. The molecule has 2 aliphatic carbocycles. The number of hydrogen-bond acceptors (Lipinski definition) is 4. The summed E-state index contributed by atoms with van der Waals surface area (Å²) in [5.74, 6) is 0.943. The summed E-state index contributed by atoms with van der Waals surface area (Å²) in [6.07, 6.45) is 12.0. The van der Waals surface area contributed by atoms with Crippen molar-refractivity contribution < 1.29 is 4.79 Å². The van der Waals surface area contributed by atoms with E-state index >= 15 is 0 Å². The molecule has 2 saturated carbocycles. The summed E-state index contributed by atoms with van der Waals surface area (Å²) in [7, 11) is 0. The first-order valence-electron chi connectivity index (χ1n) is 10.1. The fourth-order valence-electron chi connectivity index (χ4n) is 4.23. The number of carbonyl (C=O) groups is 1. The average Bonchev–Trinajstić information content (AvgIpc) is 2.69. The molecule has 0 aliphatic heterocycles. The van der Waals surface area contributed by atoms with E-state index in [2.05, 4.69) is 20.6 Å². The zero-order chi connectivity index (χ0) is 17.8. The summed E-state index contributed by atoms with van der Waals surface area (Å²) in [6.45, 7) is 0. The molecule has 26 heavy (non-hydrogen) atoms. The average molecular weight is 352 g/mol. The molecule has 0 saturated heterocycles. The monoisotopic (exact) mass is 352 g/mol. The summed E-state index contributed by atoms with van der Waals surface area (Å²) in [4.78, 5) is 21.9. The molecular weight excluding hydrogens is 324 g/mol. The summed E-state index contributed by atoms with van der Waals surface area (Å²) in [5.41, 5.74) is 0.828. The van der Waals surface area contributed by atoms with E-state index in [0.29, 0.717) is 6.04 Å². The Balaban J connectivity index is 1.58. The lowest BCUT2D eigenvalue weighted by molar-refractivity contribution is 0.0917. The van der Waals surface area contributed by atoms with E-state index in [1.165, 1.54) is 51.4 Å². The highest BCUT2D eigenvalue weighted by atomic mass is 16.2. The van der Waals surface area contributed by atoms with Crippen LogP contribution in [-0.4, -0.2) is 28.0 Å². The molecule has 1 amide bonds. The van der Waals surface area contributed by atoms with Crippen LogP contribution in [0, 0.1) is 0 Å². The van der Waals surface area contributed by atoms with Gasteiger partial charge in [0.2, 0.25) is 5.82 Å².